The first-order chi connectivity index (χ1) is 11.2. The molecule has 1 atom stereocenters. The van der Waals surface area contributed by atoms with E-state index in [1.165, 1.54) is 11.1 Å². The van der Waals surface area contributed by atoms with Crippen molar-refractivity contribution in [2.75, 3.05) is 19.6 Å². The Bertz CT molecular complexity index is 691. The summed E-state index contributed by atoms with van der Waals surface area (Å²) in [5, 5.41) is 15.6. The molecule has 5 heteroatoms. The first-order valence-corrected chi connectivity index (χ1v) is 8.72. The lowest BCUT2D eigenvalue weighted by Gasteiger charge is -2.42. The molecule has 0 radical (unpaired) electrons. The number of hydrogen-bond donors (Lipinski definition) is 1. The van der Waals surface area contributed by atoms with Gasteiger partial charge in [0.25, 0.3) is 0 Å². The van der Waals surface area contributed by atoms with E-state index in [1.807, 2.05) is 10.9 Å². The largest absolute Gasteiger partial charge is 0.392 e. The summed E-state index contributed by atoms with van der Waals surface area (Å²) in [5.74, 6) is 0. The van der Waals surface area contributed by atoms with Gasteiger partial charge in [-0.1, -0.05) is 35.9 Å². The summed E-state index contributed by atoms with van der Waals surface area (Å²) < 4.78 is 1.90. The molecule has 1 aliphatic heterocycles. The van der Waals surface area contributed by atoms with Gasteiger partial charge < -0.3 is 10.0 Å². The van der Waals surface area contributed by atoms with Gasteiger partial charge in [-0.3, -0.25) is 4.68 Å². The molecule has 2 heterocycles. The van der Waals surface area contributed by atoms with E-state index in [4.69, 9.17) is 11.6 Å². The van der Waals surface area contributed by atoms with E-state index in [-0.39, 0.29) is 11.5 Å². The van der Waals surface area contributed by atoms with Crippen LogP contribution in [0.5, 0.6) is 0 Å². The fourth-order valence-corrected chi connectivity index (χ4v) is 4.41. The molecule has 4 rings (SSSR count). The molecule has 0 amide bonds. The van der Waals surface area contributed by atoms with E-state index >= 15 is 0 Å². The SMILES string of the molecule is OC1Cc2ccccc2C12CCN(CCn1cc(Cl)cn1)CC2. The van der Waals surface area contributed by atoms with E-state index < -0.39 is 0 Å². The molecule has 1 N–H and O–H groups in total. The van der Waals surface area contributed by atoms with Crippen molar-refractivity contribution < 1.29 is 5.11 Å². The number of benzene rings is 1. The molecule has 1 aromatic heterocycles. The highest BCUT2D eigenvalue weighted by atomic mass is 35.5. The Morgan fingerprint density at radius 3 is 2.74 bits per heavy atom. The van der Waals surface area contributed by atoms with Crippen LogP contribution in [0.25, 0.3) is 0 Å². The van der Waals surface area contributed by atoms with Gasteiger partial charge in [0.1, 0.15) is 0 Å². The van der Waals surface area contributed by atoms with Crippen LogP contribution in [0.1, 0.15) is 24.0 Å². The van der Waals surface area contributed by atoms with Gasteiger partial charge in [-0.05, 0) is 43.5 Å². The third kappa shape index (κ3) is 2.69. The van der Waals surface area contributed by atoms with E-state index in [2.05, 4.69) is 34.3 Å². The highest BCUT2D eigenvalue weighted by Crippen LogP contribution is 2.46. The van der Waals surface area contributed by atoms with E-state index in [0.717, 1.165) is 45.4 Å². The number of nitrogens with zero attached hydrogens (tertiary/aromatic N) is 3. The molecule has 1 saturated heterocycles. The van der Waals surface area contributed by atoms with Crippen molar-refractivity contribution in [1.82, 2.24) is 14.7 Å². The van der Waals surface area contributed by atoms with Crippen molar-refractivity contribution in [2.24, 2.45) is 0 Å². The summed E-state index contributed by atoms with van der Waals surface area (Å²) in [6, 6.07) is 8.56. The second-order valence-electron chi connectivity index (χ2n) is 6.80. The Kier molecular flexibility index (Phi) is 3.92. The molecular weight excluding hydrogens is 310 g/mol. The smallest absolute Gasteiger partial charge is 0.0785 e. The van der Waals surface area contributed by atoms with Gasteiger partial charge in [0.15, 0.2) is 0 Å². The molecule has 1 aliphatic carbocycles. The first kappa shape index (κ1) is 15.2. The molecule has 1 fully saturated rings. The standard InChI is InChI=1S/C18H22ClN3O/c19-15-12-20-22(13-15)10-9-21-7-5-18(6-8-21)16-4-2-1-3-14(16)11-17(18)23/h1-4,12-13,17,23H,5-11H2. The highest BCUT2D eigenvalue weighted by Gasteiger charge is 2.47. The number of fused-ring (bicyclic) bond motifs is 2. The van der Waals surface area contributed by atoms with Crippen LogP contribution in [0, 0.1) is 0 Å². The van der Waals surface area contributed by atoms with Gasteiger partial charge in [0, 0.05) is 18.2 Å². The number of aliphatic hydroxyl groups is 1. The average molecular weight is 332 g/mol. The zero-order valence-corrected chi connectivity index (χ0v) is 13.9. The van der Waals surface area contributed by atoms with Gasteiger partial charge in [0.05, 0.1) is 23.9 Å². The molecule has 2 aromatic rings. The molecule has 1 unspecified atom stereocenters. The van der Waals surface area contributed by atoms with E-state index in [0.29, 0.717) is 5.02 Å². The molecule has 4 nitrogen and oxygen atoms in total. The van der Waals surface area contributed by atoms with Gasteiger partial charge in [-0.2, -0.15) is 5.10 Å². The fraction of sp³-hybridized carbons (Fsp3) is 0.500. The number of likely N-dealkylation sites (tertiary alicyclic amines) is 1. The molecular formula is C18H22ClN3O. The fourth-order valence-electron chi connectivity index (χ4n) is 4.25. The topological polar surface area (TPSA) is 41.3 Å². The van der Waals surface area contributed by atoms with Gasteiger partial charge in [-0.15, -0.1) is 0 Å². The predicted octanol–water partition coefficient (Wildman–Crippen LogP) is 2.49. The maximum Gasteiger partial charge on any atom is 0.0785 e. The van der Waals surface area contributed by atoms with Crippen LogP contribution < -0.4 is 0 Å². The van der Waals surface area contributed by atoms with Crippen molar-refractivity contribution in [2.45, 2.75) is 37.3 Å². The minimum Gasteiger partial charge on any atom is -0.392 e. The van der Waals surface area contributed by atoms with E-state index in [9.17, 15) is 5.11 Å². The van der Waals surface area contributed by atoms with Crippen LogP contribution >= 0.6 is 11.6 Å². The minimum atomic E-state index is -0.230. The summed E-state index contributed by atoms with van der Waals surface area (Å²) in [4.78, 5) is 2.47. The Morgan fingerprint density at radius 1 is 1.22 bits per heavy atom. The maximum atomic E-state index is 10.7. The van der Waals surface area contributed by atoms with E-state index in [1.54, 1.807) is 6.20 Å². The Labute approximate surface area is 141 Å². The normalized spacial score (nSPS) is 23.3. The van der Waals surface area contributed by atoms with Gasteiger partial charge >= 0.3 is 0 Å². The molecule has 23 heavy (non-hydrogen) atoms. The van der Waals surface area contributed by atoms with Crippen molar-refractivity contribution in [3.8, 4) is 0 Å². The van der Waals surface area contributed by atoms with Crippen LogP contribution in [0.4, 0.5) is 0 Å². The van der Waals surface area contributed by atoms with Crippen LogP contribution in [0.3, 0.4) is 0 Å². The second-order valence-corrected chi connectivity index (χ2v) is 7.23. The number of piperidine rings is 1. The summed E-state index contributed by atoms with van der Waals surface area (Å²) in [7, 11) is 0. The third-order valence-electron chi connectivity index (χ3n) is 5.60. The molecule has 122 valence electrons. The lowest BCUT2D eigenvalue weighted by atomic mass is 9.72. The number of rotatable bonds is 3. The van der Waals surface area contributed by atoms with Crippen LogP contribution in [0.15, 0.2) is 36.7 Å². The van der Waals surface area contributed by atoms with Crippen molar-refractivity contribution in [3.63, 3.8) is 0 Å². The molecule has 0 bridgehead atoms. The maximum absolute atomic E-state index is 10.7. The zero-order valence-electron chi connectivity index (χ0n) is 13.2. The van der Waals surface area contributed by atoms with Crippen LogP contribution in [0.2, 0.25) is 5.02 Å². The number of halogens is 1. The molecule has 2 aliphatic rings. The van der Waals surface area contributed by atoms with Gasteiger partial charge in [0.2, 0.25) is 0 Å². The quantitative estimate of drug-likeness (QED) is 0.939. The monoisotopic (exact) mass is 331 g/mol. The Balaban J connectivity index is 1.41. The summed E-state index contributed by atoms with van der Waals surface area (Å²) in [6.07, 6.45) is 6.19. The summed E-state index contributed by atoms with van der Waals surface area (Å²) in [5.41, 5.74) is 2.69. The van der Waals surface area contributed by atoms with Gasteiger partial charge in [-0.25, -0.2) is 0 Å². The third-order valence-corrected chi connectivity index (χ3v) is 5.80. The summed E-state index contributed by atoms with van der Waals surface area (Å²) in [6.45, 7) is 3.89. The summed E-state index contributed by atoms with van der Waals surface area (Å²) >= 11 is 5.90. The Hall–Kier alpha value is -1.36. The lowest BCUT2D eigenvalue weighted by molar-refractivity contribution is 0.0423. The Morgan fingerprint density at radius 2 is 2.00 bits per heavy atom. The highest BCUT2D eigenvalue weighted by molar-refractivity contribution is 6.30. The second kappa shape index (κ2) is 5.93. The average Bonchev–Trinajstić information content (AvgIpc) is 3.10. The molecule has 0 saturated carbocycles. The lowest BCUT2D eigenvalue weighted by Crippen LogP contribution is -2.47. The number of aromatic nitrogens is 2. The van der Waals surface area contributed by atoms with Crippen LogP contribution in [-0.2, 0) is 18.4 Å². The molecule has 1 aromatic carbocycles. The molecule has 1 spiro atoms. The zero-order chi connectivity index (χ0) is 15.9. The number of aliphatic hydroxyl groups excluding tert-OH is 1. The van der Waals surface area contributed by atoms with Crippen molar-refractivity contribution >= 4 is 11.6 Å². The number of hydrogen-bond acceptors (Lipinski definition) is 3. The first-order valence-electron chi connectivity index (χ1n) is 8.34. The minimum absolute atomic E-state index is 0.0257. The van der Waals surface area contributed by atoms with Crippen LogP contribution in [-0.4, -0.2) is 45.5 Å². The van der Waals surface area contributed by atoms with Crippen molar-refractivity contribution in [3.05, 3.63) is 52.8 Å². The van der Waals surface area contributed by atoms with Crippen molar-refractivity contribution in [1.29, 1.82) is 0 Å². The predicted molar refractivity (Wildman–Crippen MR) is 90.7 cm³/mol.